The van der Waals surface area contributed by atoms with E-state index in [4.69, 9.17) is 14.6 Å². The Morgan fingerprint density at radius 1 is 1.12 bits per heavy atom. The number of rotatable bonds is 8. The Hall–Kier alpha value is -3.46. The molecule has 178 valence electrons. The molecule has 1 aromatic heterocycles. The lowest BCUT2D eigenvalue weighted by Crippen LogP contribution is -2.41. The van der Waals surface area contributed by atoms with E-state index in [0.29, 0.717) is 37.1 Å². The number of aromatic amines is 1. The first-order chi connectivity index (χ1) is 16.5. The molecular weight excluding hydrogens is 454 g/mol. The second-order valence-electron chi connectivity index (χ2n) is 8.16. The minimum Gasteiger partial charge on any atom is -0.493 e. The summed E-state index contributed by atoms with van der Waals surface area (Å²) in [4.78, 5) is 32.6. The molecule has 9 heteroatoms. The van der Waals surface area contributed by atoms with Crippen molar-refractivity contribution < 1.29 is 24.2 Å². The average Bonchev–Trinajstić information content (AvgIpc) is 3.37. The number of hydrogen-bond donors (Lipinski definition) is 2. The van der Waals surface area contributed by atoms with Crippen LogP contribution in [0.25, 0.3) is 0 Å². The molecule has 1 amide bonds. The van der Waals surface area contributed by atoms with Crippen LogP contribution in [0.3, 0.4) is 0 Å². The van der Waals surface area contributed by atoms with Crippen LogP contribution in [0.2, 0.25) is 0 Å². The number of hydrogen-bond acceptors (Lipinski definition) is 6. The van der Waals surface area contributed by atoms with Gasteiger partial charge in [-0.2, -0.15) is 0 Å². The van der Waals surface area contributed by atoms with Crippen molar-refractivity contribution in [1.29, 1.82) is 0 Å². The smallest absolute Gasteiger partial charge is 0.415 e. The summed E-state index contributed by atoms with van der Waals surface area (Å²) >= 11 is 1.63. The highest BCUT2D eigenvalue weighted by molar-refractivity contribution is 7.99. The molecule has 3 aromatic rings. The number of H-pyrrole nitrogens is 1. The second kappa shape index (κ2) is 11.1. The fourth-order valence-electron chi connectivity index (χ4n) is 3.71. The summed E-state index contributed by atoms with van der Waals surface area (Å²) in [5.74, 6) is 0.544. The molecule has 0 radical (unpaired) electrons. The highest BCUT2D eigenvalue weighted by Crippen LogP contribution is 2.33. The number of carbonyl (C=O) groups is 2. The van der Waals surface area contributed by atoms with Crippen molar-refractivity contribution in [3.8, 4) is 11.5 Å². The summed E-state index contributed by atoms with van der Waals surface area (Å²) in [6.45, 7) is 3.86. The maximum Gasteiger partial charge on any atom is 0.415 e. The molecule has 0 bridgehead atoms. The van der Waals surface area contributed by atoms with Crippen LogP contribution in [0.5, 0.6) is 11.5 Å². The molecule has 0 aliphatic carbocycles. The first kappa shape index (κ1) is 23.7. The molecule has 4 rings (SSSR count). The first-order valence-electron chi connectivity index (χ1n) is 11.2. The molecule has 1 aliphatic heterocycles. The molecule has 2 heterocycles. The van der Waals surface area contributed by atoms with E-state index in [1.54, 1.807) is 41.2 Å². The van der Waals surface area contributed by atoms with E-state index in [0.717, 1.165) is 23.6 Å². The molecule has 1 saturated heterocycles. The van der Waals surface area contributed by atoms with Gasteiger partial charge in [0.05, 0.1) is 12.2 Å². The van der Waals surface area contributed by atoms with E-state index in [2.05, 4.69) is 16.9 Å². The molecule has 0 spiro atoms. The first-order valence-corrected chi connectivity index (χ1v) is 12.0. The number of nitrogens with one attached hydrogen (secondary N) is 1. The number of imidazole rings is 1. The van der Waals surface area contributed by atoms with Gasteiger partial charge in [-0.15, -0.1) is 0 Å². The summed E-state index contributed by atoms with van der Waals surface area (Å²) < 4.78 is 11.4. The number of thioether (sulfide) groups is 1. The Balaban J connectivity index is 1.20. The number of nitrogens with zero attached hydrogens (tertiary/aromatic N) is 2. The Labute approximate surface area is 202 Å². The zero-order valence-electron chi connectivity index (χ0n) is 18.8. The number of ether oxygens (including phenoxy) is 2. The lowest BCUT2D eigenvalue weighted by Gasteiger charge is -2.31. The number of benzene rings is 2. The maximum atomic E-state index is 12.6. The van der Waals surface area contributed by atoms with Crippen LogP contribution in [-0.4, -0.2) is 51.7 Å². The molecule has 2 aromatic carbocycles. The third-order valence-corrected chi connectivity index (χ3v) is 6.85. The van der Waals surface area contributed by atoms with Gasteiger partial charge in [-0.25, -0.2) is 14.6 Å². The predicted octanol–water partition coefficient (Wildman–Crippen LogP) is 5.25. The number of carbonyl (C=O) groups excluding carboxylic acids is 1. The van der Waals surface area contributed by atoms with E-state index in [-0.39, 0.29) is 16.9 Å². The molecule has 1 aliphatic rings. The summed E-state index contributed by atoms with van der Waals surface area (Å²) in [5.41, 5.74) is 1.36. The van der Waals surface area contributed by atoms with Crippen molar-refractivity contribution >= 4 is 23.8 Å². The van der Waals surface area contributed by atoms with E-state index in [9.17, 15) is 9.59 Å². The van der Waals surface area contributed by atoms with E-state index >= 15 is 0 Å². The van der Waals surface area contributed by atoms with Crippen molar-refractivity contribution in [2.45, 2.75) is 30.2 Å². The van der Waals surface area contributed by atoms with Gasteiger partial charge in [0.1, 0.15) is 11.5 Å². The van der Waals surface area contributed by atoms with Gasteiger partial charge < -0.3 is 24.5 Å². The van der Waals surface area contributed by atoms with Gasteiger partial charge in [0.25, 0.3) is 0 Å². The Morgan fingerprint density at radius 2 is 1.79 bits per heavy atom. The monoisotopic (exact) mass is 481 g/mol. The third-order valence-electron chi connectivity index (χ3n) is 5.78. The molecule has 8 nitrogen and oxygen atoms in total. The van der Waals surface area contributed by atoms with Crippen LogP contribution in [0.15, 0.2) is 66.1 Å². The van der Waals surface area contributed by atoms with Crippen LogP contribution < -0.4 is 9.47 Å². The summed E-state index contributed by atoms with van der Waals surface area (Å²) in [6, 6.07) is 14.0. The molecule has 1 atom stereocenters. The van der Waals surface area contributed by atoms with Crippen LogP contribution in [-0.2, 0) is 0 Å². The van der Waals surface area contributed by atoms with Crippen LogP contribution in [0.1, 0.15) is 40.9 Å². The fourth-order valence-corrected chi connectivity index (χ4v) is 4.60. The minimum atomic E-state index is -0.958. The molecule has 1 fully saturated rings. The van der Waals surface area contributed by atoms with Gasteiger partial charge in [-0.1, -0.05) is 23.9 Å². The average molecular weight is 482 g/mol. The number of amides is 1. The number of likely N-dealkylation sites (tertiary alicyclic amines) is 1. The summed E-state index contributed by atoms with van der Waals surface area (Å²) in [5, 5.41) is 10.0. The Bertz CT molecular complexity index is 1080. The van der Waals surface area contributed by atoms with Gasteiger partial charge >= 0.3 is 12.1 Å². The van der Waals surface area contributed by atoms with Crippen molar-refractivity contribution in [2.75, 3.05) is 19.7 Å². The van der Waals surface area contributed by atoms with E-state index < -0.39 is 5.97 Å². The van der Waals surface area contributed by atoms with Gasteiger partial charge in [0.2, 0.25) is 0 Å². The minimum absolute atomic E-state index is 0.215. The number of piperidine rings is 1. The SMILES string of the molecule is CC(Sc1ncc[nH]1)c1ccc(OC(=O)N2CCC(COc3ccc(C(=O)O)cc3)CC2)cc1. The van der Waals surface area contributed by atoms with Gasteiger partial charge in [-0.05, 0) is 67.6 Å². The van der Waals surface area contributed by atoms with Gasteiger partial charge in [-0.3, -0.25) is 0 Å². The Morgan fingerprint density at radius 3 is 2.41 bits per heavy atom. The number of carboxylic acids is 1. The zero-order valence-corrected chi connectivity index (χ0v) is 19.7. The topological polar surface area (TPSA) is 105 Å². The third kappa shape index (κ3) is 6.32. The molecule has 34 heavy (non-hydrogen) atoms. The van der Waals surface area contributed by atoms with Crippen molar-refractivity contribution in [1.82, 2.24) is 14.9 Å². The van der Waals surface area contributed by atoms with Crippen molar-refractivity contribution in [2.24, 2.45) is 5.92 Å². The Kier molecular flexibility index (Phi) is 7.74. The van der Waals surface area contributed by atoms with Crippen molar-refractivity contribution in [3.63, 3.8) is 0 Å². The predicted molar refractivity (Wildman–Crippen MR) is 129 cm³/mol. The van der Waals surface area contributed by atoms with Crippen LogP contribution >= 0.6 is 11.8 Å². The number of aromatic nitrogens is 2. The van der Waals surface area contributed by atoms with Gasteiger partial charge in [0.15, 0.2) is 5.16 Å². The van der Waals surface area contributed by atoms with E-state index in [1.165, 1.54) is 12.1 Å². The second-order valence-corrected chi connectivity index (χ2v) is 9.49. The van der Waals surface area contributed by atoms with E-state index in [1.807, 2.05) is 24.3 Å². The number of aromatic carboxylic acids is 1. The highest BCUT2D eigenvalue weighted by Gasteiger charge is 2.24. The highest BCUT2D eigenvalue weighted by atomic mass is 32.2. The molecule has 1 unspecified atom stereocenters. The zero-order chi connectivity index (χ0) is 23.9. The lowest BCUT2D eigenvalue weighted by molar-refractivity contribution is 0.0696. The largest absolute Gasteiger partial charge is 0.493 e. The maximum absolute atomic E-state index is 12.6. The van der Waals surface area contributed by atoms with Crippen LogP contribution in [0, 0.1) is 5.92 Å². The standard InChI is InChI=1S/C25H27N3O5S/c1-17(34-24-26-12-13-27-24)19-2-8-22(9-3-19)33-25(31)28-14-10-18(11-15-28)16-32-21-6-4-20(5-7-21)23(29)30/h2-9,12-13,17-18H,10-11,14-16H2,1H3,(H,26,27)(H,29,30). The lowest BCUT2D eigenvalue weighted by atomic mass is 9.98. The normalized spacial score (nSPS) is 15.0. The quantitative estimate of drug-likeness (QED) is 0.423. The molecular formula is C25H27N3O5S. The summed E-state index contributed by atoms with van der Waals surface area (Å²) in [6.07, 6.45) is 4.84. The number of carboxylic acid groups (broad SMARTS) is 1. The van der Waals surface area contributed by atoms with Crippen LogP contribution in [0.4, 0.5) is 4.79 Å². The fraction of sp³-hybridized carbons (Fsp3) is 0.320. The molecule has 2 N–H and O–H groups in total. The molecule has 0 saturated carbocycles. The van der Waals surface area contributed by atoms with Gasteiger partial charge in [0, 0.05) is 30.7 Å². The van der Waals surface area contributed by atoms with Crippen molar-refractivity contribution in [3.05, 3.63) is 72.1 Å². The summed E-state index contributed by atoms with van der Waals surface area (Å²) in [7, 11) is 0.